The highest BCUT2D eigenvalue weighted by Crippen LogP contribution is 2.27. The third-order valence-electron chi connectivity index (χ3n) is 2.83. The largest absolute Gasteiger partial charge is 0.497 e. The monoisotopic (exact) mass is 296 g/mol. The minimum absolute atomic E-state index is 0.0363. The zero-order valence-electron chi connectivity index (χ0n) is 10.9. The van der Waals surface area contributed by atoms with Gasteiger partial charge in [0.25, 0.3) is 0 Å². The van der Waals surface area contributed by atoms with E-state index in [0.29, 0.717) is 5.56 Å². The molecule has 3 nitrogen and oxygen atoms in total. The molecule has 2 rings (SSSR count). The predicted molar refractivity (Wildman–Crippen MR) is 74.7 cm³/mol. The lowest BCUT2D eigenvalue weighted by atomic mass is 10.2. The molecule has 0 atom stereocenters. The van der Waals surface area contributed by atoms with Crippen LogP contribution in [0.1, 0.15) is 11.1 Å². The van der Waals surface area contributed by atoms with Crippen molar-refractivity contribution in [3.8, 4) is 11.5 Å². The molecular weight excluding hydrogens is 283 g/mol. The first kappa shape index (κ1) is 14.6. The van der Waals surface area contributed by atoms with Gasteiger partial charge < -0.3 is 14.6 Å². The molecule has 0 fully saturated rings. The van der Waals surface area contributed by atoms with E-state index in [-0.39, 0.29) is 24.0 Å². The number of methoxy groups -OCH3 is 1. The molecule has 0 saturated heterocycles. The van der Waals surface area contributed by atoms with Gasteiger partial charge in [0.2, 0.25) is 0 Å². The van der Waals surface area contributed by atoms with E-state index in [0.717, 1.165) is 11.3 Å². The Balaban J connectivity index is 2.11. The lowest BCUT2D eigenvalue weighted by molar-refractivity contribution is 0.258. The summed E-state index contributed by atoms with van der Waals surface area (Å²) in [6, 6.07) is 9.87. The Morgan fingerprint density at radius 3 is 2.50 bits per heavy atom. The molecule has 0 aromatic heterocycles. The average Bonchev–Trinajstić information content (AvgIpc) is 2.48. The van der Waals surface area contributed by atoms with E-state index in [4.69, 9.17) is 21.1 Å². The van der Waals surface area contributed by atoms with Gasteiger partial charge >= 0.3 is 0 Å². The SMILES string of the molecule is COc1ccc(COc2cc(F)c(Cl)cc2CO)cc1. The lowest BCUT2D eigenvalue weighted by Crippen LogP contribution is -2.00. The van der Waals surface area contributed by atoms with Crippen LogP contribution in [0.15, 0.2) is 36.4 Å². The third-order valence-corrected chi connectivity index (χ3v) is 3.12. The number of halogens is 2. The molecule has 0 aliphatic heterocycles. The van der Waals surface area contributed by atoms with E-state index < -0.39 is 5.82 Å². The molecule has 5 heteroatoms. The Labute approximate surface area is 121 Å². The number of benzene rings is 2. The van der Waals surface area contributed by atoms with E-state index in [2.05, 4.69) is 0 Å². The number of rotatable bonds is 5. The van der Waals surface area contributed by atoms with Gasteiger partial charge in [0.1, 0.15) is 23.9 Å². The highest BCUT2D eigenvalue weighted by Gasteiger charge is 2.09. The Kier molecular flexibility index (Phi) is 4.82. The van der Waals surface area contributed by atoms with E-state index in [9.17, 15) is 9.50 Å². The molecule has 0 aliphatic rings. The Morgan fingerprint density at radius 1 is 1.20 bits per heavy atom. The van der Waals surface area contributed by atoms with Crippen LogP contribution >= 0.6 is 11.6 Å². The molecule has 0 bridgehead atoms. The summed E-state index contributed by atoms with van der Waals surface area (Å²) in [5.74, 6) is 0.459. The predicted octanol–water partition coefficient (Wildman–Crippen LogP) is 3.56. The van der Waals surface area contributed by atoms with Gasteiger partial charge in [-0.2, -0.15) is 0 Å². The van der Waals surface area contributed by atoms with E-state index >= 15 is 0 Å². The van der Waals surface area contributed by atoms with E-state index in [1.165, 1.54) is 12.1 Å². The molecule has 0 spiro atoms. The topological polar surface area (TPSA) is 38.7 Å². The number of hydrogen-bond donors (Lipinski definition) is 1. The Morgan fingerprint density at radius 2 is 1.90 bits per heavy atom. The molecule has 0 heterocycles. The third kappa shape index (κ3) is 3.40. The summed E-state index contributed by atoms with van der Waals surface area (Å²) in [7, 11) is 1.59. The Hall–Kier alpha value is -1.78. The van der Waals surface area contributed by atoms with Crippen molar-refractivity contribution < 1.29 is 19.0 Å². The molecule has 1 N–H and O–H groups in total. The summed E-state index contributed by atoms with van der Waals surface area (Å²) in [6.07, 6.45) is 0. The van der Waals surface area contributed by atoms with Crippen LogP contribution in [0.4, 0.5) is 4.39 Å². The van der Waals surface area contributed by atoms with Crippen LogP contribution in [0.25, 0.3) is 0 Å². The highest BCUT2D eigenvalue weighted by atomic mass is 35.5. The van der Waals surface area contributed by atoms with Gasteiger partial charge in [-0.1, -0.05) is 23.7 Å². The maximum Gasteiger partial charge on any atom is 0.145 e. The normalized spacial score (nSPS) is 10.4. The van der Waals surface area contributed by atoms with Crippen LogP contribution in [-0.4, -0.2) is 12.2 Å². The quantitative estimate of drug-likeness (QED) is 0.917. The molecule has 0 aliphatic carbocycles. The van der Waals surface area contributed by atoms with Gasteiger partial charge in [0, 0.05) is 11.6 Å². The van der Waals surface area contributed by atoms with Gasteiger partial charge in [-0.15, -0.1) is 0 Å². The fraction of sp³-hybridized carbons (Fsp3) is 0.200. The molecule has 0 amide bonds. The van der Waals surface area contributed by atoms with Crippen molar-refractivity contribution in [1.29, 1.82) is 0 Å². The van der Waals surface area contributed by atoms with Gasteiger partial charge in [0.05, 0.1) is 18.7 Å². The van der Waals surface area contributed by atoms with Crippen LogP contribution in [-0.2, 0) is 13.2 Å². The van der Waals surface area contributed by atoms with Gasteiger partial charge in [-0.25, -0.2) is 4.39 Å². The van der Waals surface area contributed by atoms with Gasteiger partial charge in [0.15, 0.2) is 0 Å². The maximum absolute atomic E-state index is 13.4. The zero-order valence-corrected chi connectivity index (χ0v) is 11.7. The van der Waals surface area contributed by atoms with Gasteiger partial charge in [-0.05, 0) is 23.8 Å². The molecule has 106 valence electrons. The van der Waals surface area contributed by atoms with Crippen molar-refractivity contribution in [3.63, 3.8) is 0 Å². The molecule has 2 aromatic rings. The molecule has 0 radical (unpaired) electrons. The first-order chi connectivity index (χ1) is 9.63. The molecule has 20 heavy (non-hydrogen) atoms. The first-order valence-electron chi connectivity index (χ1n) is 5.98. The fourth-order valence-corrected chi connectivity index (χ4v) is 1.90. The summed E-state index contributed by atoms with van der Waals surface area (Å²) < 4.78 is 24.0. The lowest BCUT2D eigenvalue weighted by Gasteiger charge is -2.11. The minimum atomic E-state index is -0.575. The van der Waals surface area contributed by atoms with E-state index in [1.54, 1.807) is 7.11 Å². The number of hydrogen-bond acceptors (Lipinski definition) is 3. The second-order valence-electron chi connectivity index (χ2n) is 4.17. The first-order valence-corrected chi connectivity index (χ1v) is 6.36. The standard InChI is InChI=1S/C15H14ClFO3/c1-19-12-4-2-10(3-5-12)9-20-15-7-14(17)13(16)6-11(15)8-18/h2-7,18H,8-9H2,1H3. The summed E-state index contributed by atoms with van der Waals surface area (Å²) >= 11 is 5.66. The molecule has 0 unspecified atom stereocenters. The number of aliphatic hydroxyl groups is 1. The Bertz CT molecular complexity index is 584. The van der Waals surface area contributed by atoms with Crippen LogP contribution in [0.5, 0.6) is 11.5 Å². The van der Waals surface area contributed by atoms with Crippen molar-refractivity contribution in [1.82, 2.24) is 0 Å². The fourth-order valence-electron chi connectivity index (χ4n) is 1.71. The van der Waals surface area contributed by atoms with Crippen LogP contribution < -0.4 is 9.47 Å². The second kappa shape index (κ2) is 6.59. The van der Waals surface area contributed by atoms with Crippen LogP contribution in [0.3, 0.4) is 0 Å². The van der Waals surface area contributed by atoms with Gasteiger partial charge in [-0.3, -0.25) is 0 Å². The summed E-state index contributed by atoms with van der Waals surface area (Å²) in [6.45, 7) is -0.00396. The minimum Gasteiger partial charge on any atom is -0.497 e. The summed E-state index contributed by atoms with van der Waals surface area (Å²) in [5, 5.41) is 9.19. The van der Waals surface area contributed by atoms with Crippen LogP contribution in [0, 0.1) is 5.82 Å². The van der Waals surface area contributed by atoms with Crippen molar-refractivity contribution in [2.45, 2.75) is 13.2 Å². The van der Waals surface area contributed by atoms with E-state index in [1.807, 2.05) is 24.3 Å². The smallest absolute Gasteiger partial charge is 0.145 e. The molecule has 0 saturated carbocycles. The van der Waals surface area contributed by atoms with Crippen molar-refractivity contribution in [3.05, 3.63) is 58.4 Å². The number of ether oxygens (including phenoxy) is 2. The average molecular weight is 297 g/mol. The van der Waals surface area contributed by atoms with Crippen molar-refractivity contribution >= 4 is 11.6 Å². The molecule has 2 aromatic carbocycles. The maximum atomic E-state index is 13.4. The second-order valence-corrected chi connectivity index (χ2v) is 4.58. The zero-order chi connectivity index (χ0) is 14.5. The van der Waals surface area contributed by atoms with Crippen LogP contribution in [0.2, 0.25) is 5.02 Å². The summed E-state index contributed by atoms with van der Waals surface area (Å²) in [4.78, 5) is 0. The number of aliphatic hydroxyl groups excluding tert-OH is 1. The summed E-state index contributed by atoms with van der Waals surface area (Å²) in [5.41, 5.74) is 1.36. The molecular formula is C15H14ClFO3. The van der Waals surface area contributed by atoms with Crippen molar-refractivity contribution in [2.24, 2.45) is 0 Å². The highest BCUT2D eigenvalue weighted by molar-refractivity contribution is 6.30. The van der Waals surface area contributed by atoms with Crippen molar-refractivity contribution in [2.75, 3.05) is 7.11 Å².